The number of carbonyl (C=O) groups is 1. The average Bonchev–Trinajstić information content (AvgIpc) is 2.91. The van der Waals surface area contributed by atoms with Crippen LogP contribution in [0.3, 0.4) is 0 Å². The van der Waals surface area contributed by atoms with Gasteiger partial charge in [-0.1, -0.05) is 6.07 Å². The fraction of sp³-hybridized carbons (Fsp3) is 0.333. The van der Waals surface area contributed by atoms with Crippen molar-refractivity contribution in [1.82, 2.24) is 15.8 Å². The van der Waals surface area contributed by atoms with Crippen LogP contribution in [-0.4, -0.2) is 37.0 Å². The number of halogens is 1. The summed E-state index contributed by atoms with van der Waals surface area (Å²) in [5.41, 5.74) is 2.74. The molecule has 2 heterocycles. The molecule has 1 aromatic heterocycles. The number of amides is 1. The van der Waals surface area contributed by atoms with Crippen LogP contribution in [-0.2, 0) is 0 Å². The summed E-state index contributed by atoms with van der Waals surface area (Å²) in [6, 6.07) is 3.64. The van der Waals surface area contributed by atoms with Crippen LogP contribution in [0.1, 0.15) is 9.67 Å². The van der Waals surface area contributed by atoms with Crippen molar-refractivity contribution >= 4 is 47.2 Å². The molecule has 0 fully saturated rings. The zero-order valence-corrected chi connectivity index (χ0v) is 11.9. The zero-order chi connectivity index (χ0) is 10.7. The Labute approximate surface area is 115 Å². The number of carbonyl (C=O) groups excluding carboxylic acids is 1. The molecule has 0 spiro atoms. The van der Waals surface area contributed by atoms with Crippen LogP contribution < -0.4 is 10.7 Å². The smallest absolute Gasteiger partial charge is 0.279 e. The SMILES string of the molecule is CN(NC(=O)c1cccs1)C1=NCCN1.I. The Morgan fingerprint density at radius 2 is 2.50 bits per heavy atom. The van der Waals surface area contributed by atoms with E-state index in [2.05, 4.69) is 15.7 Å². The highest BCUT2D eigenvalue weighted by atomic mass is 127. The van der Waals surface area contributed by atoms with E-state index in [1.165, 1.54) is 11.3 Å². The molecule has 1 aliphatic heterocycles. The van der Waals surface area contributed by atoms with Gasteiger partial charge in [0.15, 0.2) is 0 Å². The summed E-state index contributed by atoms with van der Waals surface area (Å²) < 4.78 is 0. The molecule has 0 saturated carbocycles. The number of hydrogen-bond acceptors (Lipinski definition) is 5. The maximum Gasteiger partial charge on any atom is 0.279 e. The van der Waals surface area contributed by atoms with Crippen LogP contribution >= 0.6 is 35.3 Å². The number of guanidine groups is 1. The third-order valence-electron chi connectivity index (χ3n) is 1.99. The Balaban J connectivity index is 0.00000128. The second-order valence-corrected chi connectivity index (χ2v) is 4.06. The number of nitrogens with zero attached hydrogens (tertiary/aromatic N) is 2. The largest absolute Gasteiger partial charge is 0.353 e. The lowest BCUT2D eigenvalue weighted by molar-refractivity contribution is 0.0889. The van der Waals surface area contributed by atoms with E-state index in [0.717, 1.165) is 13.1 Å². The maximum atomic E-state index is 11.6. The molecule has 0 bridgehead atoms. The summed E-state index contributed by atoms with van der Waals surface area (Å²) in [6.45, 7) is 1.59. The van der Waals surface area contributed by atoms with Crippen molar-refractivity contribution in [2.45, 2.75) is 0 Å². The fourth-order valence-corrected chi connectivity index (χ4v) is 1.89. The van der Waals surface area contributed by atoms with E-state index in [4.69, 9.17) is 0 Å². The van der Waals surface area contributed by atoms with Crippen molar-refractivity contribution in [3.63, 3.8) is 0 Å². The summed E-state index contributed by atoms with van der Waals surface area (Å²) in [7, 11) is 1.77. The fourth-order valence-electron chi connectivity index (χ4n) is 1.28. The normalized spacial score (nSPS) is 13.4. The molecule has 0 saturated heterocycles. The summed E-state index contributed by atoms with van der Waals surface area (Å²) >= 11 is 1.42. The molecule has 0 aliphatic carbocycles. The lowest BCUT2D eigenvalue weighted by Crippen LogP contribution is -2.47. The quantitative estimate of drug-likeness (QED) is 0.583. The van der Waals surface area contributed by atoms with Crippen molar-refractivity contribution < 1.29 is 4.79 Å². The van der Waals surface area contributed by atoms with Gasteiger partial charge in [0.1, 0.15) is 0 Å². The van der Waals surface area contributed by atoms with Gasteiger partial charge in [-0.15, -0.1) is 35.3 Å². The standard InChI is InChI=1S/C9H12N4OS.HI/c1-13(9-10-4-5-11-9)12-8(14)7-3-2-6-15-7;/h2-3,6H,4-5H2,1H3,(H,10,11)(H,12,14);1H. The van der Waals surface area contributed by atoms with Crippen molar-refractivity contribution in [3.8, 4) is 0 Å². The van der Waals surface area contributed by atoms with Crippen LogP contribution in [0.15, 0.2) is 22.5 Å². The van der Waals surface area contributed by atoms with E-state index in [1.807, 2.05) is 11.4 Å². The minimum Gasteiger partial charge on any atom is -0.353 e. The summed E-state index contributed by atoms with van der Waals surface area (Å²) in [4.78, 5) is 16.5. The molecular formula is C9H13IN4OS. The summed E-state index contributed by atoms with van der Waals surface area (Å²) in [6.07, 6.45) is 0. The number of hydrazine groups is 1. The first-order valence-electron chi connectivity index (χ1n) is 4.64. The lowest BCUT2D eigenvalue weighted by Gasteiger charge is -2.19. The highest BCUT2D eigenvalue weighted by molar-refractivity contribution is 14.0. The number of aliphatic imine (C=N–C) groups is 1. The molecule has 2 rings (SSSR count). The Morgan fingerprint density at radius 3 is 3.06 bits per heavy atom. The van der Waals surface area contributed by atoms with Gasteiger partial charge in [0.25, 0.3) is 5.91 Å². The number of hydrogen-bond donors (Lipinski definition) is 2. The van der Waals surface area contributed by atoms with Crippen LogP contribution in [0.2, 0.25) is 0 Å². The molecule has 2 N–H and O–H groups in total. The third-order valence-corrected chi connectivity index (χ3v) is 2.86. The number of thiophene rings is 1. The lowest BCUT2D eigenvalue weighted by atomic mass is 10.4. The van der Waals surface area contributed by atoms with Crippen LogP contribution in [0, 0.1) is 0 Å². The van der Waals surface area contributed by atoms with Crippen LogP contribution in [0.4, 0.5) is 0 Å². The van der Waals surface area contributed by atoms with E-state index < -0.39 is 0 Å². The third kappa shape index (κ3) is 3.08. The van der Waals surface area contributed by atoms with Crippen LogP contribution in [0.25, 0.3) is 0 Å². The molecule has 0 atom stereocenters. The first-order valence-corrected chi connectivity index (χ1v) is 5.52. The Hall–Kier alpha value is -0.830. The second-order valence-electron chi connectivity index (χ2n) is 3.11. The zero-order valence-electron chi connectivity index (χ0n) is 8.77. The van der Waals surface area contributed by atoms with Gasteiger partial charge in [0.05, 0.1) is 11.4 Å². The minimum atomic E-state index is -0.107. The molecule has 88 valence electrons. The highest BCUT2D eigenvalue weighted by Crippen LogP contribution is 2.07. The van der Waals surface area contributed by atoms with Gasteiger partial charge in [-0.05, 0) is 11.4 Å². The number of rotatable bonds is 1. The van der Waals surface area contributed by atoms with Crippen molar-refractivity contribution in [2.75, 3.05) is 20.1 Å². The van der Waals surface area contributed by atoms with Gasteiger partial charge in [-0.2, -0.15) is 0 Å². The average molecular weight is 352 g/mol. The Bertz CT molecular complexity index is 379. The molecule has 0 aromatic carbocycles. The predicted octanol–water partition coefficient (Wildman–Crippen LogP) is 0.902. The van der Waals surface area contributed by atoms with Gasteiger partial charge in [0.2, 0.25) is 5.96 Å². The molecule has 5 nitrogen and oxygen atoms in total. The molecule has 1 amide bonds. The minimum absolute atomic E-state index is 0. The van der Waals surface area contributed by atoms with Gasteiger partial charge >= 0.3 is 0 Å². The van der Waals surface area contributed by atoms with Gasteiger partial charge < -0.3 is 5.32 Å². The summed E-state index contributed by atoms with van der Waals surface area (Å²) in [5.74, 6) is 0.601. The van der Waals surface area contributed by atoms with E-state index in [9.17, 15) is 4.79 Å². The highest BCUT2D eigenvalue weighted by Gasteiger charge is 2.14. The molecule has 7 heteroatoms. The summed E-state index contributed by atoms with van der Waals surface area (Å²) in [5, 5.41) is 6.55. The van der Waals surface area contributed by atoms with E-state index in [-0.39, 0.29) is 29.9 Å². The second kappa shape index (κ2) is 6.04. The van der Waals surface area contributed by atoms with E-state index in [1.54, 1.807) is 18.1 Å². The first kappa shape index (κ1) is 13.2. The predicted molar refractivity (Wildman–Crippen MR) is 75.3 cm³/mol. The van der Waals surface area contributed by atoms with E-state index >= 15 is 0 Å². The first-order chi connectivity index (χ1) is 7.27. The van der Waals surface area contributed by atoms with Gasteiger partial charge in [-0.25, -0.2) is 4.99 Å². The molecule has 0 unspecified atom stereocenters. The molecule has 0 radical (unpaired) electrons. The van der Waals surface area contributed by atoms with Crippen molar-refractivity contribution in [1.29, 1.82) is 0 Å². The maximum absolute atomic E-state index is 11.6. The number of nitrogens with one attached hydrogen (secondary N) is 2. The van der Waals surface area contributed by atoms with Crippen molar-refractivity contribution in [2.24, 2.45) is 4.99 Å². The molecular weight excluding hydrogens is 339 g/mol. The Morgan fingerprint density at radius 1 is 1.69 bits per heavy atom. The van der Waals surface area contributed by atoms with Crippen molar-refractivity contribution in [3.05, 3.63) is 22.4 Å². The van der Waals surface area contributed by atoms with Gasteiger partial charge in [0, 0.05) is 13.6 Å². The molecule has 1 aromatic rings. The topological polar surface area (TPSA) is 56.7 Å². The molecule has 16 heavy (non-hydrogen) atoms. The van der Waals surface area contributed by atoms with Crippen LogP contribution in [0.5, 0.6) is 0 Å². The Kier molecular flexibility index (Phi) is 5.00. The van der Waals surface area contributed by atoms with E-state index in [0.29, 0.717) is 10.8 Å². The van der Waals surface area contributed by atoms with Gasteiger partial charge in [-0.3, -0.25) is 15.2 Å². The molecule has 1 aliphatic rings. The monoisotopic (exact) mass is 352 g/mol.